The topological polar surface area (TPSA) is 124 Å². The molecule has 3 aromatic rings. The van der Waals surface area contributed by atoms with Crippen LogP contribution in [0.2, 0.25) is 5.02 Å². The van der Waals surface area contributed by atoms with Crippen LogP contribution in [0.3, 0.4) is 0 Å². The molecule has 0 aliphatic carbocycles. The Morgan fingerprint density at radius 1 is 1.00 bits per heavy atom. The monoisotopic (exact) mass is 459 g/mol. The molecule has 0 aromatic heterocycles. The highest BCUT2D eigenvalue weighted by molar-refractivity contribution is 7.78. The maximum absolute atomic E-state index is 11.9. The molecular formula is C22H16ClO7S-. The molecule has 9 heteroatoms. The Morgan fingerprint density at radius 3 is 2.32 bits per heavy atom. The molecule has 1 atom stereocenters. The molecule has 1 unspecified atom stereocenters. The number of aryl methyl sites for hydroxylation is 1. The summed E-state index contributed by atoms with van der Waals surface area (Å²) in [5.74, 6) is -2.21. The highest BCUT2D eigenvalue weighted by Gasteiger charge is 2.21. The summed E-state index contributed by atoms with van der Waals surface area (Å²) in [5, 5.41) is 19.5. The van der Waals surface area contributed by atoms with Gasteiger partial charge in [0.1, 0.15) is 11.5 Å². The molecule has 0 aliphatic rings. The highest BCUT2D eigenvalue weighted by atomic mass is 35.5. The zero-order valence-electron chi connectivity index (χ0n) is 16.1. The fourth-order valence-electron chi connectivity index (χ4n) is 3.10. The van der Waals surface area contributed by atoms with E-state index >= 15 is 0 Å². The summed E-state index contributed by atoms with van der Waals surface area (Å²) in [5.41, 5.74) is 0.873. The first kappa shape index (κ1) is 22.5. The number of carbonyl (C=O) groups is 2. The Morgan fingerprint density at radius 2 is 1.71 bits per heavy atom. The van der Waals surface area contributed by atoms with Crippen LogP contribution in [0.4, 0.5) is 0 Å². The van der Waals surface area contributed by atoms with Crippen LogP contribution in [0.5, 0.6) is 11.5 Å². The van der Waals surface area contributed by atoms with Crippen molar-refractivity contribution in [2.45, 2.75) is 12.7 Å². The van der Waals surface area contributed by atoms with Gasteiger partial charge in [-0.2, -0.15) is 0 Å². The lowest BCUT2D eigenvalue weighted by atomic mass is 9.92. The van der Waals surface area contributed by atoms with Crippen molar-refractivity contribution in [2.24, 2.45) is 0 Å². The van der Waals surface area contributed by atoms with E-state index in [1.807, 2.05) is 0 Å². The molecular weight excluding hydrogens is 444 g/mol. The molecule has 7 nitrogen and oxygen atoms in total. The number of aromatic carboxylic acids is 2. The molecule has 3 rings (SSSR count). The summed E-state index contributed by atoms with van der Waals surface area (Å²) in [6, 6.07) is 13.7. The Labute approximate surface area is 185 Å². The summed E-state index contributed by atoms with van der Waals surface area (Å²) < 4.78 is 28.3. The molecule has 0 saturated heterocycles. The van der Waals surface area contributed by atoms with E-state index in [1.165, 1.54) is 18.2 Å². The second kappa shape index (κ2) is 9.30. The second-order valence-corrected chi connectivity index (χ2v) is 7.99. The SMILES string of the molecule is Cc1cc(-c2cc(CS(=O)[O-])ccc2Oc2cccc(Cl)c2)c(C(=O)O)cc1C(=O)O. The number of hydrogen-bond donors (Lipinski definition) is 2. The minimum absolute atomic E-state index is 0.143. The van der Waals surface area contributed by atoms with Crippen molar-refractivity contribution in [1.82, 2.24) is 0 Å². The zero-order valence-corrected chi connectivity index (χ0v) is 17.7. The summed E-state index contributed by atoms with van der Waals surface area (Å²) >= 11 is 3.64. The first-order valence-electron chi connectivity index (χ1n) is 8.89. The van der Waals surface area contributed by atoms with Crippen LogP contribution in [0.1, 0.15) is 31.8 Å². The summed E-state index contributed by atoms with van der Waals surface area (Å²) in [7, 11) is 0. The second-order valence-electron chi connectivity index (χ2n) is 6.66. The predicted octanol–water partition coefficient (Wildman–Crippen LogP) is 4.88. The van der Waals surface area contributed by atoms with Crippen LogP contribution < -0.4 is 4.74 Å². The number of ether oxygens (including phenoxy) is 1. The van der Waals surface area contributed by atoms with Gasteiger partial charge in [0, 0.05) is 21.9 Å². The lowest BCUT2D eigenvalue weighted by molar-refractivity contribution is 0.0695. The van der Waals surface area contributed by atoms with Crippen molar-refractivity contribution >= 4 is 34.6 Å². The average molecular weight is 460 g/mol. The van der Waals surface area contributed by atoms with Gasteiger partial charge in [0.2, 0.25) is 0 Å². The molecule has 0 amide bonds. The molecule has 0 heterocycles. The zero-order chi connectivity index (χ0) is 22.7. The maximum Gasteiger partial charge on any atom is 0.336 e. The van der Waals surface area contributed by atoms with E-state index in [0.717, 1.165) is 6.07 Å². The van der Waals surface area contributed by atoms with Gasteiger partial charge in [0.25, 0.3) is 0 Å². The van der Waals surface area contributed by atoms with Crippen molar-refractivity contribution in [2.75, 3.05) is 0 Å². The van der Waals surface area contributed by atoms with Crippen LogP contribution in [-0.2, 0) is 16.8 Å². The van der Waals surface area contributed by atoms with Gasteiger partial charge in [-0.25, -0.2) is 9.59 Å². The summed E-state index contributed by atoms with van der Waals surface area (Å²) in [6.07, 6.45) is 0. The Hall–Kier alpha value is -3.20. The minimum Gasteiger partial charge on any atom is -0.772 e. The van der Waals surface area contributed by atoms with Crippen LogP contribution in [0, 0.1) is 6.92 Å². The normalized spacial score (nSPS) is 11.7. The highest BCUT2D eigenvalue weighted by Crippen LogP contribution is 2.38. The van der Waals surface area contributed by atoms with Gasteiger partial charge < -0.3 is 19.5 Å². The van der Waals surface area contributed by atoms with E-state index in [2.05, 4.69) is 0 Å². The van der Waals surface area contributed by atoms with Gasteiger partial charge >= 0.3 is 11.9 Å². The maximum atomic E-state index is 11.9. The fraction of sp³-hybridized carbons (Fsp3) is 0.0909. The number of carboxylic acid groups (broad SMARTS) is 2. The molecule has 160 valence electrons. The third-order valence-corrected chi connectivity index (χ3v) is 5.27. The molecule has 0 radical (unpaired) electrons. The van der Waals surface area contributed by atoms with Crippen molar-refractivity contribution in [3.63, 3.8) is 0 Å². The van der Waals surface area contributed by atoms with Crippen molar-refractivity contribution in [3.05, 3.63) is 81.9 Å². The third-order valence-electron chi connectivity index (χ3n) is 4.47. The number of benzene rings is 3. The van der Waals surface area contributed by atoms with Crippen LogP contribution in [0.15, 0.2) is 54.6 Å². The van der Waals surface area contributed by atoms with Gasteiger partial charge in [-0.1, -0.05) is 34.8 Å². The van der Waals surface area contributed by atoms with E-state index in [0.29, 0.717) is 27.5 Å². The fourth-order valence-corrected chi connectivity index (χ4v) is 3.73. The van der Waals surface area contributed by atoms with E-state index in [4.69, 9.17) is 16.3 Å². The minimum atomic E-state index is -2.36. The molecule has 2 N–H and O–H groups in total. The lowest BCUT2D eigenvalue weighted by Gasteiger charge is -2.17. The molecule has 0 saturated carbocycles. The van der Waals surface area contributed by atoms with Gasteiger partial charge in [-0.3, -0.25) is 4.21 Å². The quantitative estimate of drug-likeness (QED) is 0.482. The number of carboxylic acids is 2. The Kier molecular flexibility index (Phi) is 6.74. The molecule has 3 aromatic carbocycles. The first-order chi connectivity index (χ1) is 14.7. The van der Waals surface area contributed by atoms with Crippen LogP contribution in [0.25, 0.3) is 11.1 Å². The van der Waals surface area contributed by atoms with E-state index in [-0.39, 0.29) is 28.2 Å². The number of hydrogen-bond acceptors (Lipinski definition) is 5. The van der Waals surface area contributed by atoms with Crippen molar-refractivity contribution in [3.8, 4) is 22.6 Å². The Bertz CT molecular complexity index is 1210. The van der Waals surface area contributed by atoms with E-state index < -0.39 is 23.0 Å². The molecule has 0 spiro atoms. The lowest BCUT2D eigenvalue weighted by Crippen LogP contribution is -2.07. The first-order valence-corrected chi connectivity index (χ1v) is 10.5. The Balaban J connectivity index is 2.24. The summed E-state index contributed by atoms with van der Waals surface area (Å²) in [4.78, 5) is 23.4. The molecule has 0 fully saturated rings. The number of halogens is 1. The molecule has 0 bridgehead atoms. The predicted molar refractivity (Wildman–Crippen MR) is 115 cm³/mol. The van der Waals surface area contributed by atoms with Gasteiger partial charge in [-0.15, -0.1) is 0 Å². The number of rotatable bonds is 7. The van der Waals surface area contributed by atoms with Crippen molar-refractivity contribution in [1.29, 1.82) is 0 Å². The smallest absolute Gasteiger partial charge is 0.336 e. The molecule has 31 heavy (non-hydrogen) atoms. The average Bonchev–Trinajstić information content (AvgIpc) is 2.68. The van der Waals surface area contributed by atoms with Gasteiger partial charge in [0.15, 0.2) is 0 Å². The van der Waals surface area contributed by atoms with Crippen LogP contribution >= 0.6 is 11.6 Å². The molecule has 0 aliphatic heterocycles. The van der Waals surface area contributed by atoms with E-state index in [1.54, 1.807) is 37.3 Å². The van der Waals surface area contributed by atoms with Gasteiger partial charge in [0.05, 0.1) is 11.1 Å². The largest absolute Gasteiger partial charge is 0.772 e. The van der Waals surface area contributed by atoms with Gasteiger partial charge in [-0.05, 0) is 60.5 Å². The summed E-state index contributed by atoms with van der Waals surface area (Å²) in [6.45, 7) is 1.55. The van der Waals surface area contributed by atoms with Crippen molar-refractivity contribution < 1.29 is 33.3 Å². The standard InChI is InChI=1S/C22H17ClO7S/c1-12-7-17(19(22(26)27)10-16(12)21(24)25)18-8-13(11-31(28)29)5-6-20(18)30-15-4-2-3-14(23)9-15/h2-10H,11H2,1H3,(H,24,25)(H,26,27)(H,28,29)/p-1. The third kappa shape index (κ3) is 5.29. The van der Waals surface area contributed by atoms with E-state index in [9.17, 15) is 28.6 Å². The van der Waals surface area contributed by atoms with Crippen LogP contribution in [-0.4, -0.2) is 30.9 Å².